The third kappa shape index (κ3) is 2.13. The molecule has 116 valence electrons. The Morgan fingerprint density at radius 2 is 1.83 bits per heavy atom. The molecule has 0 bridgehead atoms. The van der Waals surface area contributed by atoms with E-state index in [1.54, 1.807) is 0 Å². The average Bonchev–Trinajstić information content (AvgIpc) is 2.98. The molecule has 2 aromatic carbocycles. The normalized spacial score (nSPS) is 19.3. The summed E-state index contributed by atoms with van der Waals surface area (Å²) >= 11 is 0. The van der Waals surface area contributed by atoms with Crippen LogP contribution in [0.5, 0.6) is 0 Å². The van der Waals surface area contributed by atoms with Crippen LogP contribution in [0.25, 0.3) is 22.5 Å². The van der Waals surface area contributed by atoms with Crippen LogP contribution in [0, 0.1) is 0 Å². The first-order valence-electron chi connectivity index (χ1n) is 8.47. The molecule has 1 aromatic heterocycles. The van der Waals surface area contributed by atoms with E-state index in [9.17, 15) is 0 Å². The van der Waals surface area contributed by atoms with Gasteiger partial charge in [0.2, 0.25) is 0 Å². The van der Waals surface area contributed by atoms with Gasteiger partial charge in [0, 0.05) is 5.92 Å². The molecule has 0 saturated carbocycles. The third-order valence-corrected chi connectivity index (χ3v) is 5.29. The van der Waals surface area contributed by atoms with Crippen LogP contribution in [0.15, 0.2) is 60.9 Å². The van der Waals surface area contributed by atoms with Crippen LogP contribution in [0.3, 0.4) is 0 Å². The number of hydrogen-bond donors (Lipinski definition) is 0. The van der Waals surface area contributed by atoms with Crippen molar-refractivity contribution in [2.75, 3.05) is 0 Å². The van der Waals surface area contributed by atoms with Gasteiger partial charge in [0.25, 0.3) is 5.82 Å². The van der Waals surface area contributed by atoms with Crippen molar-refractivity contribution in [3.05, 3.63) is 66.5 Å². The summed E-state index contributed by atoms with van der Waals surface area (Å²) in [5.74, 6) is 1.88. The highest BCUT2D eigenvalue weighted by atomic mass is 15.2. The Morgan fingerprint density at radius 1 is 1.04 bits per heavy atom. The molecule has 0 spiro atoms. The molecule has 0 aliphatic carbocycles. The van der Waals surface area contributed by atoms with E-state index >= 15 is 0 Å². The lowest BCUT2D eigenvalue weighted by atomic mass is 9.82. The zero-order valence-electron chi connectivity index (χ0n) is 14.0. The Kier molecular flexibility index (Phi) is 3.33. The number of aryl methyl sites for hydroxylation is 1. The molecule has 0 amide bonds. The highest BCUT2D eigenvalue weighted by Crippen LogP contribution is 2.44. The van der Waals surface area contributed by atoms with E-state index in [-0.39, 0.29) is 0 Å². The van der Waals surface area contributed by atoms with Gasteiger partial charge >= 0.3 is 0 Å². The van der Waals surface area contributed by atoms with Crippen molar-refractivity contribution in [3.8, 4) is 22.5 Å². The molecule has 0 N–H and O–H groups in total. The van der Waals surface area contributed by atoms with Crippen molar-refractivity contribution < 1.29 is 4.57 Å². The van der Waals surface area contributed by atoms with E-state index < -0.39 is 0 Å². The number of fused-ring (bicyclic) bond motifs is 3. The largest absolute Gasteiger partial charge is 0.289 e. The van der Waals surface area contributed by atoms with Crippen molar-refractivity contribution in [1.82, 2.24) is 4.57 Å². The lowest BCUT2D eigenvalue weighted by molar-refractivity contribution is -0.659. The second-order valence-electron chi connectivity index (χ2n) is 6.56. The zero-order valence-corrected chi connectivity index (χ0v) is 14.0. The average molecular weight is 303 g/mol. The highest BCUT2D eigenvalue weighted by molar-refractivity contribution is 5.72. The van der Waals surface area contributed by atoms with Crippen molar-refractivity contribution in [3.63, 3.8) is 0 Å². The lowest BCUT2D eigenvalue weighted by Gasteiger charge is -2.29. The fourth-order valence-electron chi connectivity index (χ4n) is 4.05. The predicted molar refractivity (Wildman–Crippen MR) is 94.2 cm³/mol. The molecule has 2 nitrogen and oxygen atoms in total. The molecular weight excluding hydrogens is 280 g/mol. The predicted octanol–water partition coefficient (Wildman–Crippen LogP) is 4.71. The fourth-order valence-corrected chi connectivity index (χ4v) is 4.05. The van der Waals surface area contributed by atoms with Gasteiger partial charge in [-0.25, -0.2) is 9.13 Å². The van der Waals surface area contributed by atoms with Crippen molar-refractivity contribution in [2.45, 2.75) is 32.2 Å². The van der Waals surface area contributed by atoms with Gasteiger partial charge in [-0.2, -0.15) is 0 Å². The first-order chi connectivity index (χ1) is 11.2. The molecule has 1 aliphatic heterocycles. The van der Waals surface area contributed by atoms with Gasteiger partial charge < -0.3 is 0 Å². The van der Waals surface area contributed by atoms with Gasteiger partial charge in [0.15, 0.2) is 0 Å². The summed E-state index contributed by atoms with van der Waals surface area (Å²) in [5.41, 5.74) is 5.48. The maximum Gasteiger partial charge on any atom is 0.289 e. The zero-order chi connectivity index (χ0) is 16.0. The molecule has 2 heteroatoms. The van der Waals surface area contributed by atoms with Crippen LogP contribution in [0.2, 0.25) is 0 Å². The van der Waals surface area contributed by atoms with Gasteiger partial charge in [-0.3, -0.25) is 0 Å². The molecule has 0 fully saturated rings. The molecule has 4 rings (SSSR count). The van der Waals surface area contributed by atoms with Crippen LogP contribution in [-0.4, -0.2) is 4.57 Å². The number of benzene rings is 2. The van der Waals surface area contributed by atoms with Crippen LogP contribution in [0.4, 0.5) is 0 Å². The quantitative estimate of drug-likeness (QED) is 0.606. The SMILES string of the molecule is CCC1c2cc(-c3ccccc3)ccc2-c2n(cc[n+]2C)[C@@H]1C. The van der Waals surface area contributed by atoms with Crippen LogP contribution >= 0.6 is 0 Å². The summed E-state index contributed by atoms with van der Waals surface area (Å²) in [7, 11) is 2.14. The minimum atomic E-state index is 0.495. The van der Waals surface area contributed by atoms with Crippen LogP contribution in [-0.2, 0) is 7.05 Å². The summed E-state index contributed by atoms with van der Waals surface area (Å²) in [6, 6.07) is 18.1. The summed E-state index contributed by atoms with van der Waals surface area (Å²) in [6.45, 7) is 4.64. The third-order valence-electron chi connectivity index (χ3n) is 5.29. The molecule has 2 atom stereocenters. The smallest absolute Gasteiger partial charge is 0.233 e. The summed E-state index contributed by atoms with van der Waals surface area (Å²) in [4.78, 5) is 0. The first-order valence-corrected chi connectivity index (χ1v) is 8.47. The second-order valence-corrected chi connectivity index (χ2v) is 6.56. The Morgan fingerprint density at radius 3 is 2.57 bits per heavy atom. The Bertz CT molecular complexity index is 846. The molecular formula is C21H23N2+. The number of hydrogen-bond acceptors (Lipinski definition) is 0. The Hall–Kier alpha value is -2.35. The van der Waals surface area contributed by atoms with Gasteiger partial charge in [-0.05, 0) is 42.2 Å². The van der Waals surface area contributed by atoms with E-state index in [4.69, 9.17) is 0 Å². The minimum Gasteiger partial charge on any atom is -0.233 e. The molecule has 2 heterocycles. The van der Waals surface area contributed by atoms with E-state index in [0.717, 1.165) is 6.42 Å². The van der Waals surface area contributed by atoms with Gasteiger partial charge in [0.05, 0.1) is 12.6 Å². The molecule has 0 radical (unpaired) electrons. The van der Waals surface area contributed by atoms with Gasteiger partial charge in [-0.1, -0.05) is 43.3 Å². The maximum absolute atomic E-state index is 2.43. The van der Waals surface area contributed by atoms with Crippen LogP contribution < -0.4 is 4.57 Å². The minimum absolute atomic E-state index is 0.495. The van der Waals surface area contributed by atoms with Crippen molar-refractivity contribution >= 4 is 0 Å². The van der Waals surface area contributed by atoms with Crippen LogP contribution in [0.1, 0.15) is 37.8 Å². The van der Waals surface area contributed by atoms with Gasteiger partial charge in [-0.15, -0.1) is 0 Å². The second kappa shape index (κ2) is 5.38. The highest BCUT2D eigenvalue weighted by Gasteiger charge is 2.36. The molecule has 0 saturated heterocycles. The summed E-state index contributed by atoms with van der Waals surface area (Å²) in [5, 5.41) is 0. The van der Waals surface area contributed by atoms with Crippen molar-refractivity contribution in [2.24, 2.45) is 7.05 Å². The van der Waals surface area contributed by atoms with Crippen molar-refractivity contribution in [1.29, 1.82) is 0 Å². The molecule has 23 heavy (non-hydrogen) atoms. The fraction of sp³-hybridized carbons (Fsp3) is 0.286. The number of nitrogens with zero attached hydrogens (tertiary/aromatic N) is 2. The monoisotopic (exact) mass is 303 g/mol. The topological polar surface area (TPSA) is 8.81 Å². The number of aromatic nitrogens is 2. The van der Waals surface area contributed by atoms with E-state index in [1.165, 1.54) is 28.1 Å². The van der Waals surface area contributed by atoms with E-state index in [2.05, 4.69) is 91.0 Å². The molecule has 3 aromatic rings. The molecule has 1 aliphatic rings. The standard InChI is InChI=1S/C21H23N2/c1-4-18-15(2)23-13-12-22(3)21(23)19-11-10-17(14-20(18)19)16-8-6-5-7-9-16/h5-15,18H,4H2,1-3H3/q+1/t15-,18?/m1/s1. The summed E-state index contributed by atoms with van der Waals surface area (Å²) < 4.78 is 4.67. The van der Waals surface area contributed by atoms with E-state index in [0.29, 0.717) is 12.0 Å². The number of rotatable bonds is 2. The van der Waals surface area contributed by atoms with E-state index in [1.807, 2.05) is 0 Å². The van der Waals surface area contributed by atoms with Gasteiger partial charge in [0.1, 0.15) is 18.4 Å². The Balaban J connectivity index is 1.93. The molecule has 1 unspecified atom stereocenters. The summed E-state index contributed by atoms with van der Waals surface area (Å²) in [6.07, 6.45) is 5.54. The maximum atomic E-state index is 2.43. The first kappa shape index (κ1) is 14.3. The lowest BCUT2D eigenvalue weighted by Crippen LogP contribution is -2.33. The number of imidazole rings is 1. The Labute approximate surface area is 138 Å².